The molecule has 2 N–H and O–H groups in total. The van der Waals surface area contributed by atoms with E-state index in [1.165, 1.54) is 0 Å². The average molecular weight is 317 g/mol. The standard InChI is InChI=1S/C21H19NO2/c23-20-18-14-6-3-7-15(9-8-14)19(18)21(24)22(20)17-11-10-13-4-1-2-5-16(13)12-17/h1-2,4-5,8-12,14-15,23-24H,3,6-7H2/t14-,15+. The second-order valence-electron chi connectivity index (χ2n) is 6.87. The lowest BCUT2D eigenvalue weighted by Gasteiger charge is -2.17. The van der Waals surface area contributed by atoms with Crippen LogP contribution in [0.1, 0.15) is 42.2 Å². The molecule has 0 saturated carbocycles. The highest BCUT2D eigenvalue weighted by Gasteiger charge is 2.36. The number of fused-ring (bicyclic) bond motifs is 3. The molecule has 3 nitrogen and oxygen atoms in total. The maximum Gasteiger partial charge on any atom is 0.202 e. The lowest BCUT2D eigenvalue weighted by molar-refractivity contribution is 0.396. The lowest BCUT2D eigenvalue weighted by atomic mass is 9.86. The molecular formula is C21H19NO2. The Bertz CT molecular complexity index is 945. The van der Waals surface area contributed by atoms with Crippen LogP contribution in [-0.4, -0.2) is 14.8 Å². The fourth-order valence-corrected chi connectivity index (χ4v) is 4.37. The van der Waals surface area contributed by atoms with E-state index in [0.717, 1.165) is 46.8 Å². The summed E-state index contributed by atoms with van der Waals surface area (Å²) < 4.78 is 1.61. The van der Waals surface area contributed by atoms with E-state index in [9.17, 15) is 10.2 Å². The van der Waals surface area contributed by atoms with Crippen molar-refractivity contribution in [3.63, 3.8) is 0 Å². The molecule has 3 aromatic rings. The second kappa shape index (κ2) is 4.91. The van der Waals surface area contributed by atoms with Crippen LogP contribution >= 0.6 is 0 Å². The minimum atomic E-state index is 0.194. The lowest BCUT2D eigenvalue weighted by Crippen LogP contribution is -2.02. The summed E-state index contributed by atoms with van der Waals surface area (Å²) in [6, 6.07) is 14.1. The number of aromatic nitrogens is 1. The van der Waals surface area contributed by atoms with E-state index in [2.05, 4.69) is 18.2 Å². The molecule has 2 bridgehead atoms. The van der Waals surface area contributed by atoms with Gasteiger partial charge in [0.25, 0.3) is 0 Å². The van der Waals surface area contributed by atoms with E-state index in [4.69, 9.17) is 0 Å². The number of allylic oxidation sites excluding steroid dienone is 2. The summed E-state index contributed by atoms with van der Waals surface area (Å²) >= 11 is 0. The summed E-state index contributed by atoms with van der Waals surface area (Å²) in [6.07, 6.45) is 7.60. The molecule has 0 amide bonds. The van der Waals surface area contributed by atoms with E-state index in [-0.39, 0.29) is 23.6 Å². The molecule has 120 valence electrons. The fourth-order valence-electron chi connectivity index (χ4n) is 4.37. The molecule has 0 spiro atoms. The van der Waals surface area contributed by atoms with Crippen LogP contribution in [0.25, 0.3) is 16.5 Å². The van der Waals surface area contributed by atoms with Crippen LogP contribution < -0.4 is 0 Å². The third-order valence-corrected chi connectivity index (χ3v) is 5.53. The Morgan fingerprint density at radius 3 is 2.08 bits per heavy atom. The van der Waals surface area contributed by atoms with Crippen molar-refractivity contribution in [1.29, 1.82) is 0 Å². The Kier molecular flexibility index (Phi) is 2.81. The third-order valence-electron chi connectivity index (χ3n) is 5.53. The molecule has 0 saturated heterocycles. The highest BCUT2D eigenvalue weighted by atomic mass is 16.3. The molecule has 2 atom stereocenters. The maximum absolute atomic E-state index is 10.9. The molecule has 0 fully saturated rings. The van der Waals surface area contributed by atoms with Crippen molar-refractivity contribution in [2.24, 2.45) is 0 Å². The summed E-state index contributed by atoms with van der Waals surface area (Å²) in [5.74, 6) is 0.816. The third kappa shape index (κ3) is 1.78. The van der Waals surface area contributed by atoms with Crippen molar-refractivity contribution in [1.82, 2.24) is 4.57 Å². The van der Waals surface area contributed by atoms with E-state index in [0.29, 0.717) is 0 Å². The molecule has 2 aromatic carbocycles. The van der Waals surface area contributed by atoms with Crippen molar-refractivity contribution >= 4 is 10.8 Å². The maximum atomic E-state index is 10.9. The van der Waals surface area contributed by atoms with E-state index in [1.54, 1.807) is 4.57 Å². The molecule has 0 radical (unpaired) electrons. The number of benzene rings is 2. The van der Waals surface area contributed by atoms with Crippen LogP contribution in [0.5, 0.6) is 11.8 Å². The molecule has 6 rings (SSSR count). The van der Waals surface area contributed by atoms with Gasteiger partial charge in [0.1, 0.15) is 0 Å². The Labute approximate surface area is 140 Å². The summed E-state index contributed by atoms with van der Waals surface area (Å²) in [5, 5.41) is 24.0. The molecule has 3 heteroatoms. The second-order valence-corrected chi connectivity index (χ2v) is 6.87. The van der Waals surface area contributed by atoms with Crippen LogP contribution in [0.3, 0.4) is 0 Å². The topological polar surface area (TPSA) is 45.4 Å². The predicted octanol–water partition coefficient (Wildman–Crippen LogP) is 4.96. The number of hydrogen-bond donors (Lipinski definition) is 2. The largest absolute Gasteiger partial charge is 0.494 e. The summed E-state index contributed by atoms with van der Waals surface area (Å²) in [4.78, 5) is 0. The number of aromatic hydroxyl groups is 2. The summed E-state index contributed by atoms with van der Waals surface area (Å²) in [5.41, 5.74) is 2.65. The predicted molar refractivity (Wildman–Crippen MR) is 95.1 cm³/mol. The number of hydrogen-bond acceptors (Lipinski definition) is 2. The van der Waals surface area contributed by atoms with Crippen LogP contribution in [0.4, 0.5) is 0 Å². The molecule has 0 unspecified atom stereocenters. The van der Waals surface area contributed by atoms with Gasteiger partial charge in [-0.2, -0.15) is 0 Å². The number of rotatable bonds is 1. The van der Waals surface area contributed by atoms with Crippen molar-refractivity contribution in [3.8, 4) is 17.4 Å². The molecule has 3 aliphatic carbocycles. The average Bonchev–Trinajstić information content (AvgIpc) is 2.82. The highest BCUT2D eigenvalue weighted by molar-refractivity contribution is 5.84. The first-order chi connectivity index (χ1) is 11.7. The van der Waals surface area contributed by atoms with Crippen LogP contribution in [-0.2, 0) is 0 Å². The van der Waals surface area contributed by atoms with Crippen molar-refractivity contribution in [3.05, 3.63) is 65.7 Å². The van der Waals surface area contributed by atoms with Gasteiger partial charge >= 0.3 is 0 Å². The van der Waals surface area contributed by atoms with Crippen LogP contribution in [0, 0.1) is 0 Å². The molecule has 24 heavy (non-hydrogen) atoms. The zero-order valence-corrected chi connectivity index (χ0v) is 13.3. The molecule has 3 aliphatic rings. The Morgan fingerprint density at radius 1 is 0.792 bits per heavy atom. The molecule has 1 aromatic heterocycles. The highest BCUT2D eigenvalue weighted by Crippen LogP contribution is 2.52. The normalized spacial score (nSPS) is 21.8. The van der Waals surface area contributed by atoms with Gasteiger partial charge in [0, 0.05) is 23.0 Å². The molecular weight excluding hydrogens is 298 g/mol. The smallest absolute Gasteiger partial charge is 0.202 e. The minimum absolute atomic E-state index is 0.194. The van der Waals surface area contributed by atoms with Gasteiger partial charge in [-0.25, -0.2) is 0 Å². The fraction of sp³-hybridized carbons (Fsp3) is 0.238. The number of nitrogens with zero attached hydrogens (tertiary/aromatic N) is 1. The van der Waals surface area contributed by atoms with Gasteiger partial charge in [-0.3, -0.25) is 4.57 Å². The molecule has 0 aliphatic heterocycles. The minimum Gasteiger partial charge on any atom is -0.494 e. The van der Waals surface area contributed by atoms with Gasteiger partial charge in [-0.05, 0) is 35.7 Å². The van der Waals surface area contributed by atoms with Gasteiger partial charge in [0.15, 0.2) is 0 Å². The van der Waals surface area contributed by atoms with E-state index >= 15 is 0 Å². The van der Waals surface area contributed by atoms with Crippen molar-refractivity contribution < 1.29 is 10.2 Å². The van der Waals surface area contributed by atoms with Gasteiger partial charge in [0.05, 0.1) is 5.69 Å². The Balaban J connectivity index is 1.75. The van der Waals surface area contributed by atoms with Gasteiger partial charge in [-0.15, -0.1) is 0 Å². The van der Waals surface area contributed by atoms with Crippen LogP contribution in [0.15, 0.2) is 54.6 Å². The molecule has 1 heterocycles. The van der Waals surface area contributed by atoms with Crippen molar-refractivity contribution in [2.45, 2.75) is 31.1 Å². The van der Waals surface area contributed by atoms with Gasteiger partial charge in [-0.1, -0.05) is 48.9 Å². The van der Waals surface area contributed by atoms with Crippen molar-refractivity contribution in [2.75, 3.05) is 0 Å². The quantitative estimate of drug-likeness (QED) is 0.623. The summed E-state index contributed by atoms with van der Waals surface area (Å²) in [7, 11) is 0. The first kappa shape index (κ1) is 13.7. The van der Waals surface area contributed by atoms with Crippen LogP contribution in [0.2, 0.25) is 0 Å². The zero-order valence-electron chi connectivity index (χ0n) is 13.3. The van der Waals surface area contributed by atoms with Gasteiger partial charge < -0.3 is 10.2 Å². The Morgan fingerprint density at radius 2 is 1.42 bits per heavy atom. The monoisotopic (exact) mass is 317 g/mol. The SMILES string of the molecule is Oc1c2c(c(O)n1-c1ccc3ccccc3c1)[C@H]1C=C[C@@H]2CCC1. The first-order valence-corrected chi connectivity index (χ1v) is 8.58. The van der Waals surface area contributed by atoms with E-state index in [1.807, 2.05) is 36.4 Å². The Hall–Kier alpha value is -2.68. The van der Waals surface area contributed by atoms with Gasteiger partial charge in [0.2, 0.25) is 11.8 Å². The summed E-state index contributed by atoms with van der Waals surface area (Å²) in [6.45, 7) is 0. The first-order valence-electron chi connectivity index (χ1n) is 8.58. The van der Waals surface area contributed by atoms with E-state index < -0.39 is 0 Å². The zero-order chi connectivity index (χ0) is 16.3.